The minimum Gasteiger partial charge on any atom is -0.494 e. The molecule has 0 saturated heterocycles. The predicted octanol–water partition coefficient (Wildman–Crippen LogP) is 8.06. The van der Waals surface area contributed by atoms with Gasteiger partial charge in [-0.2, -0.15) is 5.10 Å². The molecular weight excluding hydrogens is 544 g/mol. The molecule has 0 aromatic heterocycles. The van der Waals surface area contributed by atoms with Gasteiger partial charge in [0.2, 0.25) is 6.23 Å². The second-order valence-corrected chi connectivity index (χ2v) is 10.5. The lowest BCUT2D eigenvalue weighted by atomic mass is 9.96. The van der Waals surface area contributed by atoms with Gasteiger partial charge in [-0.3, -0.25) is 0 Å². The third-order valence-electron chi connectivity index (χ3n) is 6.98. The Bertz CT molecular complexity index is 1280. The Morgan fingerprint density at radius 1 is 0.947 bits per heavy atom. The summed E-state index contributed by atoms with van der Waals surface area (Å²) in [6.45, 7) is 5.53. The number of hydrogen-bond acceptors (Lipinski definition) is 6. The van der Waals surface area contributed by atoms with Crippen LogP contribution in [0, 0.1) is 0 Å². The van der Waals surface area contributed by atoms with Crippen LogP contribution in [0.5, 0.6) is 23.0 Å². The molecule has 0 radical (unpaired) electrons. The molecule has 0 fully saturated rings. The number of rotatable bonds is 11. The van der Waals surface area contributed by atoms with E-state index in [9.17, 15) is 0 Å². The second-order valence-electron chi connectivity index (χ2n) is 9.58. The van der Waals surface area contributed by atoms with Gasteiger partial charge >= 0.3 is 0 Å². The average Bonchev–Trinajstić information content (AvgIpc) is 3.39. The van der Waals surface area contributed by atoms with E-state index in [1.165, 1.54) is 19.3 Å². The molecule has 0 saturated carbocycles. The number of nitrogens with zero attached hydrogens (tertiary/aromatic N) is 2. The van der Waals surface area contributed by atoms with E-state index in [0.29, 0.717) is 19.0 Å². The van der Waals surface area contributed by atoms with E-state index in [1.807, 2.05) is 43.3 Å². The fourth-order valence-corrected chi connectivity index (χ4v) is 5.41. The lowest BCUT2D eigenvalue weighted by Gasteiger charge is -2.38. The number of methoxy groups -OCH3 is 1. The summed E-state index contributed by atoms with van der Waals surface area (Å²) < 4.78 is 25.0. The Morgan fingerprint density at radius 3 is 2.55 bits per heavy atom. The molecule has 3 aromatic carbocycles. The van der Waals surface area contributed by atoms with Gasteiger partial charge in [-0.05, 0) is 79.6 Å². The molecule has 0 spiro atoms. The van der Waals surface area contributed by atoms with Crippen LogP contribution in [-0.2, 0) is 0 Å². The minimum atomic E-state index is -0.388. The molecule has 2 aliphatic rings. The Hall–Kier alpha value is -3.19. The standard InChI is InChI=1S/C31H35BrN2O4/c1-4-6-7-8-17-37-29-15-11-22(18-30(29)35-3)31-34-27(25-19-23(32)12-16-28(25)38-31)20-26(33-34)21-9-13-24(14-10-21)36-5-2/h9-16,18-19,27,31H,4-8,17,20H2,1-3H3. The third kappa shape index (κ3) is 5.63. The molecule has 0 aliphatic carbocycles. The summed E-state index contributed by atoms with van der Waals surface area (Å²) in [6, 6.07) is 20.5. The highest BCUT2D eigenvalue weighted by atomic mass is 79.9. The van der Waals surface area contributed by atoms with E-state index >= 15 is 0 Å². The molecule has 2 aliphatic heterocycles. The third-order valence-corrected chi connectivity index (χ3v) is 7.47. The average molecular weight is 580 g/mol. The lowest BCUT2D eigenvalue weighted by Crippen LogP contribution is -2.33. The first kappa shape index (κ1) is 26.4. The number of unbranched alkanes of at least 4 members (excludes halogenated alkanes) is 3. The summed E-state index contributed by atoms with van der Waals surface area (Å²) in [6.07, 6.45) is 5.05. The number of hydrogen-bond donors (Lipinski definition) is 0. The van der Waals surface area contributed by atoms with Crippen LogP contribution in [0.2, 0.25) is 0 Å². The Kier molecular flexibility index (Phi) is 8.42. The zero-order chi connectivity index (χ0) is 26.5. The number of ether oxygens (including phenoxy) is 4. The molecule has 0 bridgehead atoms. The SMILES string of the molecule is CCCCCCOc1ccc(C2Oc3ccc(Br)cc3C3CC(c4ccc(OCC)cc4)=NN32)cc1OC. The van der Waals surface area contributed by atoms with Crippen molar-refractivity contribution in [2.45, 2.75) is 58.2 Å². The van der Waals surface area contributed by atoms with Gasteiger partial charge < -0.3 is 18.9 Å². The van der Waals surface area contributed by atoms with E-state index in [2.05, 4.69) is 52.1 Å². The zero-order valence-corrected chi connectivity index (χ0v) is 23.9. The van der Waals surface area contributed by atoms with Crippen molar-refractivity contribution < 1.29 is 18.9 Å². The molecule has 2 heterocycles. The maximum atomic E-state index is 6.57. The molecule has 5 rings (SSSR count). The van der Waals surface area contributed by atoms with Crippen LogP contribution in [0.3, 0.4) is 0 Å². The largest absolute Gasteiger partial charge is 0.494 e. The summed E-state index contributed by atoms with van der Waals surface area (Å²) >= 11 is 3.64. The molecule has 3 aromatic rings. The normalized spacial score (nSPS) is 17.8. The van der Waals surface area contributed by atoms with Crippen molar-refractivity contribution in [3.63, 3.8) is 0 Å². The van der Waals surface area contributed by atoms with Crippen molar-refractivity contribution in [2.75, 3.05) is 20.3 Å². The van der Waals surface area contributed by atoms with E-state index < -0.39 is 0 Å². The van der Waals surface area contributed by atoms with Crippen LogP contribution >= 0.6 is 15.9 Å². The highest BCUT2D eigenvalue weighted by molar-refractivity contribution is 9.10. The number of halogens is 1. The topological polar surface area (TPSA) is 52.5 Å². The number of fused-ring (bicyclic) bond motifs is 3. The van der Waals surface area contributed by atoms with Gasteiger partial charge in [-0.15, -0.1) is 0 Å². The molecular formula is C31H35BrN2O4. The van der Waals surface area contributed by atoms with E-state index in [0.717, 1.165) is 57.0 Å². The number of hydrazone groups is 1. The summed E-state index contributed by atoms with van der Waals surface area (Å²) in [5, 5.41) is 7.18. The monoisotopic (exact) mass is 578 g/mol. The van der Waals surface area contributed by atoms with Gasteiger partial charge in [-0.25, -0.2) is 5.01 Å². The van der Waals surface area contributed by atoms with E-state index in [4.69, 9.17) is 24.0 Å². The van der Waals surface area contributed by atoms with E-state index in [1.54, 1.807) is 7.11 Å². The van der Waals surface area contributed by atoms with Crippen LogP contribution in [-0.4, -0.2) is 31.0 Å². The maximum Gasteiger partial charge on any atom is 0.214 e. The van der Waals surface area contributed by atoms with Crippen molar-refractivity contribution >= 4 is 21.6 Å². The molecule has 0 amide bonds. The fourth-order valence-electron chi connectivity index (χ4n) is 5.03. The highest BCUT2D eigenvalue weighted by Gasteiger charge is 2.41. The minimum absolute atomic E-state index is 0.0586. The molecule has 2 unspecified atom stereocenters. The quantitative estimate of drug-likeness (QED) is 0.215. The molecule has 200 valence electrons. The van der Waals surface area contributed by atoms with Gasteiger partial charge in [0, 0.05) is 22.0 Å². The lowest BCUT2D eigenvalue weighted by molar-refractivity contribution is -0.0192. The smallest absolute Gasteiger partial charge is 0.214 e. The Morgan fingerprint density at radius 2 is 1.79 bits per heavy atom. The molecule has 38 heavy (non-hydrogen) atoms. The second kappa shape index (κ2) is 12.1. The first-order valence-corrected chi connectivity index (χ1v) is 14.3. The predicted molar refractivity (Wildman–Crippen MR) is 153 cm³/mol. The Labute approximate surface area is 233 Å². The van der Waals surface area contributed by atoms with Crippen LogP contribution in [0.1, 0.15) is 74.9 Å². The van der Waals surface area contributed by atoms with Crippen LogP contribution in [0.25, 0.3) is 0 Å². The van der Waals surface area contributed by atoms with Crippen molar-refractivity contribution in [2.24, 2.45) is 5.10 Å². The van der Waals surface area contributed by atoms with Crippen molar-refractivity contribution in [1.29, 1.82) is 0 Å². The van der Waals surface area contributed by atoms with Gasteiger partial charge in [0.15, 0.2) is 11.5 Å². The van der Waals surface area contributed by atoms with Crippen LogP contribution < -0.4 is 18.9 Å². The molecule has 7 heteroatoms. The molecule has 2 atom stereocenters. The molecule has 6 nitrogen and oxygen atoms in total. The van der Waals surface area contributed by atoms with Crippen LogP contribution in [0.15, 0.2) is 70.2 Å². The summed E-state index contributed by atoms with van der Waals surface area (Å²) in [7, 11) is 1.68. The summed E-state index contributed by atoms with van der Waals surface area (Å²) in [5.41, 5.74) is 4.20. The first-order chi connectivity index (χ1) is 18.6. The van der Waals surface area contributed by atoms with Gasteiger partial charge in [0.25, 0.3) is 0 Å². The van der Waals surface area contributed by atoms with Gasteiger partial charge in [0.05, 0.1) is 32.1 Å². The van der Waals surface area contributed by atoms with Crippen molar-refractivity contribution in [3.8, 4) is 23.0 Å². The highest BCUT2D eigenvalue weighted by Crippen LogP contribution is 2.49. The van der Waals surface area contributed by atoms with Crippen molar-refractivity contribution in [3.05, 3.63) is 81.8 Å². The van der Waals surface area contributed by atoms with Gasteiger partial charge in [0.1, 0.15) is 11.5 Å². The maximum absolute atomic E-state index is 6.57. The van der Waals surface area contributed by atoms with Crippen molar-refractivity contribution in [1.82, 2.24) is 5.01 Å². The van der Waals surface area contributed by atoms with E-state index in [-0.39, 0.29) is 12.3 Å². The summed E-state index contributed by atoms with van der Waals surface area (Å²) in [5.74, 6) is 3.19. The first-order valence-electron chi connectivity index (χ1n) is 13.5. The zero-order valence-electron chi connectivity index (χ0n) is 22.3. The fraction of sp³-hybridized carbons (Fsp3) is 0.387. The molecule has 0 N–H and O–H groups in total. The van der Waals surface area contributed by atoms with Crippen LogP contribution in [0.4, 0.5) is 0 Å². The Balaban J connectivity index is 1.44. The number of benzene rings is 3. The van der Waals surface area contributed by atoms with Gasteiger partial charge in [-0.1, -0.05) is 42.1 Å². The summed E-state index contributed by atoms with van der Waals surface area (Å²) in [4.78, 5) is 0.